The number of thiazole rings is 1. The van der Waals surface area contributed by atoms with E-state index in [1.165, 1.54) is 6.20 Å². The number of aromatic carboxylic acids is 1. The van der Waals surface area contributed by atoms with Gasteiger partial charge in [-0.15, -0.1) is 0 Å². The van der Waals surface area contributed by atoms with Crippen molar-refractivity contribution in [2.45, 2.75) is 0 Å². The molecule has 48 valence electrons. The molecular formula is C4H3NO3S. The van der Waals surface area contributed by atoms with Crippen molar-refractivity contribution in [1.29, 1.82) is 0 Å². The van der Waals surface area contributed by atoms with Crippen LogP contribution in [-0.2, 0) is 0 Å². The second-order valence-corrected chi connectivity index (χ2v) is 2.36. The van der Waals surface area contributed by atoms with Gasteiger partial charge in [-0.05, 0) is 0 Å². The first-order chi connectivity index (χ1) is 4.20. The molecule has 0 aliphatic rings. The molecule has 0 aliphatic carbocycles. The predicted octanol–water partition coefficient (Wildman–Crippen LogP) is 0.135. The summed E-state index contributed by atoms with van der Waals surface area (Å²) in [6.07, 6.45) is 1.18. The Morgan fingerprint density at radius 3 is 2.67 bits per heavy atom. The topological polar surface area (TPSA) is 70.2 Å². The van der Waals surface area contributed by atoms with Crippen molar-refractivity contribution in [2.75, 3.05) is 0 Å². The molecule has 0 amide bonds. The van der Waals surface area contributed by atoms with E-state index in [9.17, 15) is 9.59 Å². The van der Waals surface area contributed by atoms with Gasteiger partial charge in [0, 0.05) is 6.20 Å². The highest BCUT2D eigenvalue weighted by atomic mass is 32.1. The number of hydrogen-bond acceptors (Lipinski definition) is 3. The first-order valence-corrected chi connectivity index (χ1v) is 2.93. The third kappa shape index (κ3) is 1.17. The lowest BCUT2D eigenvalue weighted by atomic mass is 10.6. The Bertz CT molecular complexity index is 273. The summed E-state index contributed by atoms with van der Waals surface area (Å²) in [6.45, 7) is 0. The molecule has 2 N–H and O–H groups in total. The lowest BCUT2D eigenvalue weighted by molar-refractivity contribution is 0.0702. The minimum atomic E-state index is -1.07. The highest BCUT2D eigenvalue weighted by Gasteiger charge is 2.03. The van der Waals surface area contributed by atoms with E-state index < -0.39 is 5.97 Å². The van der Waals surface area contributed by atoms with E-state index in [4.69, 9.17) is 5.11 Å². The van der Waals surface area contributed by atoms with E-state index in [1.807, 2.05) is 0 Å². The fraction of sp³-hybridized carbons (Fsp3) is 0. The van der Waals surface area contributed by atoms with Crippen LogP contribution in [-0.4, -0.2) is 16.1 Å². The Balaban J connectivity index is 3.12. The van der Waals surface area contributed by atoms with Crippen molar-refractivity contribution >= 4 is 17.3 Å². The molecule has 1 aromatic rings. The Morgan fingerprint density at radius 2 is 2.44 bits per heavy atom. The molecule has 0 fully saturated rings. The van der Waals surface area contributed by atoms with Crippen molar-refractivity contribution < 1.29 is 9.90 Å². The summed E-state index contributed by atoms with van der Waals surface area (Å²) >= 11 is 0.685. The van der Waals surface area contributed by atoms with E-state index in [2.05, 4.69) is 4.98 Å². The predicted molar refractivity (Wildman–Crippen MR) is 31.9 cm³/mol. The quantitative estimate of drug-likeness (QED) is 0.590. The molecule has 0 aliphatic heterocycles. The van der Waals surface area contributed by atoms with Gasteiger partial charge in [-0.1, -0.05) is 11.3 Å². The standard InChI is InChI=1S/C4H3NO3S/c6-3(7)2-1-5-4(8)9-2/h1H,(H,5,8)(H,6,7). The first-order valence-electron chi connectivity index (χ1n) is 2.12. The lowest BCUT2D eigenvalue weighted by Crippen LogP contribution is -1.90. The number of aromatic nitrogens is 1. The minimum Gasteiger partial charge on any atom is -0.477 e. The Morgan fingerprint density at radius 1 is 1.78 bits per heavy atom. The average molecular weight is 145 g/mol. The van der Waals surface area contributed by atoms with Gasteiger partial charge in [0.05, 0.1) is 0 Å². The fourth-order valence-electron chi connectivity index (χ4n) is 0.389. The van der Waals surface area contributed by atoms with Crippen LogP contribution >= 0.6 is 11.3 Å². The van der Waals surface area contributed by atoms with Gasteiger partial charge in [0.15, 0.2) is 0 Å². The van der Waals surface area contributed by atoms with E-state index in [1.54, 1.807) is 0 Å². The van der Waals surface area contributed by atoms with Crippen molar-refractivity contribution in [3.8, 4) is 0 Å². The molecule has 0 spiro atoms. The number of nitrogens with one attached hydrogen (secondary N) is 1. The third-order valence-corrected chi connectivity index (χ3v) is 1.55. The Hall–Kier alpha value is -1.10. The number of H-pyrrole nitrogens is 1. The van der Waals surface area contributed by atoms with Crippen LogP contribution in [0.5, 0.6) is 0 Å². The van der Waals surface area contributed by atoms with Crippen LogP contribution in [0.25, 0.3) is 0 Å². The number of hydrogen-bond donors (Lipinski definition) is 2. The molecule has 0 radical (unpaired) electrons. The molecule has 0 atom stereocenters. The molecule has 0 aromatic carbocycles. The minimum absolute atomic E-state index is 0.0417. The summed E-state index contributed by atoms with van der Waals surface area (Å²) < 4.78 is 0. The van der Waals surface area contributed by atoms with Crippen LogP contribution in [0.2, 0.25) is 0 Å². The maximum absolute atomic E-state index is 10.3. The molecule has 1 aromatic heterocycles. The van der Waals surface area contributed by atoms with Crippen LogP contribution in [0.15, 0.2) is 11.0 Å². The monoisotopic (exact) mass is 145 g/mol. The summed E-state index contributed by atoms with van der Waals surface area (Å²) in [4.78, 5) is 22.3. The number of carboxylic acids is 1. The second kappa shape index (κ2) is 2.02. The summed E-state index contributed by atoms with van der Waals surface area (Å²) in [5, 5.41) is 8.25. The number of carboxylic acid groups (broad SMARTS) is 1. The van der Waals surface area contributed by atoms with Crippen molar-refractivity contribution in [3.63, 3.8) is 0 Å². The van der Waals surface area contributed by atoms with Gasteiger partial charge < -0.3 is 10.1 Å². The van der Waals surface area contributed by atoms with Gasteiger partial charge in [-0.25, -0.2) is 4.79 Å². The van der Waals surface area contributed by atoms with E-state index >= 15 is 0 Å². The van der Waals surface area contributed by atoms with Crippen molar-refractivity contribution in [3.05, 3.63) is 20.7 Å². The zero-order chi connectivity index (χ0) is 6.85. The zero-order valence-corrected chi connectivity index (χ0v) is 5.07. The molecule has 0 saturated heterocycles. The Labute approximate surface area is 53.8 Å². The molecule has 1 heterocycles. The van der Waals surface area contributed by atoms with Gasteiger partial charge in [-0.3, -0.25) is 4.79 Å². The smallest absolute Gasteiger partial charge is 0.347 e. The first kappa shape index (κ1) is 6.03. The van der Waals surface area contributed by atoms with Gasteiger partial charge in [0.25, 0.3) is 0 Å². The second-order valence-electron chi connectivity index (χ2n) is 1.35. The van der Waals surface area contributed by atoms with E-state index in [-0.39, 0.29) is 9.75 Å². The van der Waals surface area contributed by atoms with E-state index in [0.29, 0.717) is 11.3 Å². The normalized spacial score (nSPS) is 9.33. The lowest BCUT2D eigenvalue weighted by Gasteiger charge is -1.77. The van der Waals surface area contributed by atoms with Crippen LogP contribution in [0.3, 0.4) is 0 Å². The van der Waals surface area contributed by atoms with Gasteiger partial charge in [0.1, 0.15) is 4.88 Å². The largest absolute Gasteiger partial charge is 0.477 e. The van der Waals surface area contributed by atoms with Crippen LogP contribution in [0.4, 0.5) is 0 Å². The highest BCUT2D eigenvalue weighted by molar-refractivity contribution is 7.11. The maximum atomic E-state index is 10.3. The maximum Gasteiger partial charge on any atom is 0.347 e. The zero-order valence-electron chi connectivity index (χ0n) is 4.25. The number of rotatable bonds is 1. The fourth-order valence-corrected chi connectivity index (χ4v) is 0.911. The van der Waals surface area contributed by atoms with Crippen LogP contribution in [0, 0.1) is 0 Å². The Kier molecular flexibility index (Phi) is 1.35. The average Bonchev–Trinajstić information content (AvgIpc) is 2.14. The van der Waals surface area contributed by atoms with Crippen molar-refractivity contribution in [2.24, 2.45) is 0 Å². The molecular weight excluding hydrogens is 142 g/mol. The highest BCUT2D eigenvalue weighted by Crippen LogP contribution is 1.98. The van der Waals surface area contributed by atoms with Gasteiger partial charge in [0.2, 0.25) is 0 Å². The molecule has 4 nitrogen and oxygen atoms in total. The molecule has 5 heteroatoms. The third-order valence-electron chi connectivity index (χ3n) is 0.735. The summed E-state index contributed by atoms with van der Waals surface area (Å²) in [5.41, 5.74) is 0. The van der Waals surface area contributed by atoms with E-state index in [0.717, 1.165) is 0 Å². The molecule has 0 unspecified atom stereocenters. The molecule has 1 rings (SSSR count). The van der Waals surface area contributed by atoms with Gasteiger partial charge >= 0.3 is 10.8 Å². The number of aromatic amines is 1. The summed E-state index contributed by atoms with van der Waals surface area (Å²) in [5.74, 6) is -1.07. The van der Waals surface area contributed by atoms with Gasteiger partial charge in [-0.2, -0.15) is 0 Å². The molecule has 0 saturated carbocycles. The molecule has 0 bridgehead atoms. The van der Waals surface area contributed by atoms with Crippen LogP contribution in [0.1, 0.15) is 9.67 Å². The summed E-state index contributed by atoms with van der Waals surface area (Å²) in [7, 11) is 0. The number of carbonyl (C=O) groups is 1. The van der Waals surface area contributed by atoms with Crippen molar-refractivity contribution in [1.82, 2.24) is 4.98 Å². The molecule has 9 heavy (non-hydrogen) atoms. The SMILES string of the molecule is O=C(O)c1c[nH]c(=O)s1. The van der Waals surface area contributed by atoms with Crippen LogP contribution < -0.4 is 4.87 Å². The summed E-state index contributed by atoms with van der Waals surface area (Å²) in [6, 6.07) is 0.